The van der Waals surface area contributed by atoms with E-state index in [0.29, 0.717) is 6.10 Å². The molecule has 0 radical (unpaired) electrons. The highest BCUT2D eigenvalue weighted by molar-refractivity contribution is 4.91. The van der Waals surface area contributed by atoms with E-state index >= 15 is 0 Å². The van der Waals surface area contributed by atoms with Gasteiger partial charge in [0, 0.05) is 6.61 Å². The van der Waals surface area contributed by atoms with Gasteiger partial charge in [0.1, 0.15) is 0 Å². The fourth-order valence-electron chi connectivity index (χ4n) is 1.59. The second kappa shape index (κ2) is 4.62. The molecule has 0 aromatic heterocycles. The van der Waals surface area contributed by atoms with E-state index in [1.165, 1.54) is 25.7 Å². The third kappa shape index (κ3) is 3.78. The van der Waals surface area contributed by atoms with Crippen LogP contribution in [-0.2, 0) is 4.74 Å². The van der Waals surface area contributed by atoms with Crippen LogP contribution in [0.5, 0.6) is 0 Å². The summed E-state index contributed by atoms with van der Waals surface area (Å²) in [5, 5.41) is 8.78. The van der Waals surface area contributed by atoms with E-state index in [4.69, 9.17) is 10.00 Å². The number of nitrogens with zero attached hydrogens (tertiary/aromatic N) is 1. The van der Waals surface area contributed by atoms with Crippen LogP contribution in [0.25, 0.3) is 0 Å². The third-order valence-electron chi connectivity index (χ3n) is 2.69. The van der Waals surface area contributed by atoms with Gasteiger partial charge in [0.15, 0.2) is 0 Å². The van der Waals surface area contributed by atoms with Gasteiger partial charge in [-0.25, -0.2) is 0 Å². The number of hydrogen-bond donors (Lipinski definition) is 0. The predicted molar refractivity (Wildman–Crippen MR) is 52.2 cm³/mol. The normalized spacial score (nSPS) is 18.8. The summed E-state index contributed by atoms with van der Waals surface area (Å²) >= 11 is 0. The van der Waals surface area contributed by atoms with E-state index in [0.717, 1.165) is 13.0 Å². The van der Waals surface area contributed by atoms with E-state index in [1.54, 1.807) is 0 Å². The number of ether oxygens (including phenoxy) is 1. The molecule has 13 heavy (non-hydrogen) atoms. The van der Waals surface area contributed by atoms with Gasteiger partial charge in [-0.3, -0.25) is 0 Å². The lowest BCUT2D eigenvalue weighted by atomic mass is 9.92. The third-order valence-corrected chi connectivity index (χ3v) is 2.69. The molecule has 0 N–H and O–H groups in total. The molecule has 0 aromatic rings. The Kier molecular flexibility index (Phi) is 3.74. The summed E-state index contributed by atoms with van der Waals surface area (Å²) in [5.41, 5.74) is -0.224. The fraction of sp³-hybridized carbons (Fsp3) is 0.909. The highest BCUT2D eigenvalue weighted by atomic mass is 16.5. The molecule has 1 aliphatic carbocycles. The van der Waals surface area contributed by atoms with Crippen LogP contribution in [0.2, 0.25) is 0 Å². The Bertz CT molecular complexity index is 187. The lowest BCUT2D eigenvalue weighted by Gasteiger charge is -2.17. The van der Waals surface area contributed by atoms with Crippen molar-refractivity contribution in [3.63, 3.8) is 0 Å². The van der Waals surface area contributed by atoms with Gasteiger partial charge in [-0.1, -0.05) is 12.8 Å². The zero-order chi connectivity index (χ0) is 9.73. The lowest BCUT2D eigenvalue weighted by molar-refractivity contribution is 0.0462. The van der Waals surface area contributed by atoms with Crippen molar-refractivity contribution < 1.29 is 4.74 Å². The molecular formula is C11H19NO. The van der Waals surface area contributed by atoms with Crippen LogP contribution in [0.1, 0.15) is 46.0 Å². The largest absolute Gasteiger partial charge is 0.378 e. The quantitative estimate of drug-likeness (QED) is 0.668. The van der Waals surface area contributed by atoms with E-state index in [-0.39, 0.29) is 5.41 Å². The minimum atomic E-state index is -0.224. The van der Waals surface area contributed by atoms with Crippen molar-refractivity contribution in [2.75, 3.05) is 6.61 Å². The zero-order valence-electron chi connectivity index (χ0n) is 8.68. The van der Waals surface area contributed by atoms with Crippen LogP contribution in [-0.4, -0.2) is 12.7 Å². The van der Waals surface area contributed by atoms with Crippen LogP contribution in [0.4, 0.5) is 0 Å². The SMILES string of the molecule is CC(C)(C#N)CCOC1CCCC1. The molecule has 0 aromatic carbocycles. The Balaban J connectivity index is 2.10. The summed E-state index contributed by atoms with van der Waals surface area (Å²) in [7, 11) is 0. The van der Waals surface area contributed by atoms with Crippen LogP contribution >= 0.6 is 0 Å². The van der Waals surface area contributed by atoms with Crippen molar-refractivity contribution in [3.8, 4) is 6.07 Å². The van der Waals surface area contributed by atoms with E-state index < -0.39 is 0 Å². The molecule has 0 atom stereocenters. The van der Waals surface area contributed by atoms with E-state index in [9.17, 15) is 0 Å². The molecule has 0 unspecified atom stereocenters. The summed E-state index contributed by atoms with van der Waals surface area (Å²) in [6.07, 6.45) is 6.38. The van der Waals surface area contributed by atoms with Gasteiger partial charge in [-0.05, 0) is 33.1 Å². The van der Waals surface area contributed by atoms with Crippen LogP contribution in [0.15, 0.2) is 0 Å². The van der Waals surface area contributed by atoms with Gasteiger partial charge >= 0.3 is 0 Å². The number of rotatable bonds is 4. The molecule has 0 heterocycles. The molecule has 1 fully saturated rings. The Morgan fingerprint density at radius 1 is 1.38 bits per heavy atom. The smallest absolute Gasteiger partial charge is 0.0684 e. The van der Waals surface area contributed by atoms with Crippen LogP contribution in [0, 0.1) is 16.7 Å². The van der Waals surface area contributed by atoms with Crippen molar-refractivity contribution in [2.45, 2.75) is 52.1 Å². The maximum absolute atomic E-state index is 8.78. The second-order valence-corrected chi connectivity index (χ2v) is 4.52. The summed E-state index contributed by atoms with van der Waals surface area (Å²) in [4.78, 5) is 0. The summed E-state index contributed by atoms with van der Waals surface area (Å²) in [6.45, 7) is 4.67. The standard InChI is InChI=1S/C11H19NO/c1-11(2,9-12)7-8-13-10-5-3-4-6-10/h10H,3-8H2,1-2H3. The van der Waals surface area contributed by atoms with E-state index in [2.05, 4.69) is 6.07 Å². The molecule has 0 spiro atoms. The summed E-state index contributed by atoms with van der Waals surface area (Å²) in [6, 6.07) is 2.29. The maximum atomic E-state index is 8.78. The minimum Gasteiger partial charge on any atom is -0.378 e. The van der Waals surface area contributed by atoms with Crippen molar-refractivity contribution in [1.82, 2.24) is 0 Å². The molecule has 1 saturated carbocycles. The topological polar surface area (TPSA) is 33.0 Å². The zero-order valence-corrected chi connectivity index (χ0v) is 8.68. The molecule has 0 aliphatic heterocycles. The van der Waals surface area contributed by atoms with Crippen molar-refractivity contribution in [3.05, 3.63) is 0 Å². The summed E-state index contributed by atoms with van der Waals surface area (Å²) in [5.74, 6) is 0. The van der Waals surface area contributed by atoms with Gasteiger partial charge in [0.2, 0.25) is 0 Å². The highest BCUT2D eigenvalue weighted by Crippen LogP contribution is 2.23. The first-order valence-corrected chi connectivity index (χ1v) is 5.17. The van der Waals surface area contributed by atoms with Crippen molar-refractivity contribution in [2.24, 2.45) is 5.41 Å². The average Bonchev–Trinajstić information content (AvgIpc) is 2.57. The minimum absolute atomic E-state index is 0.224. The van der Waals surface area contributed by atoms with Crippen LogP contribution in [0.3, 0.4) is 0 Å². The first-order valence-electron chi connectivity index (χ1n) is 5.17. The van der Waals surface area contributed by atoms with Gasteiger partial charge < -0.3 is 4.74 Å². The molecular weight excluding hydrogens is 162 g/mol. The highest BCUT2D eigenvalue weighted by Gasteiger charge is 2.19. The van der Waals surface area contributed by atoms with Crippen LogP contribution < -0.4 is 0 Å². The van der Waals surface area contributed by atoms with Gasteiger partial charge in [0.25, 0.3) is 0 Å². The average molecular weight is 181 g/mol. The summed E-state index contributed by atoms with van der Waals surface area (Å²) < 4.78 is 5.69. The molecule has 1 aliphatic rings. The first-order chi connectivity index (χ1) is 6.14. The Morgan fingerprint density at radius 3 is 2.54 bits per heavy atom. The van der Waals surface area contributed by atoms with Gasteiger partial charge in [-0.2, -0.15) is 5.26 Å². The molecule has 74 valence electrons. The monoisotopic (exact) mass is 181 g/mol. The molecule has 2 nitrogen and oxygen atoms in total. The Labute approximate surface area is 80.9 Å². The molecule has 2 heteroatoms. The number of hydrogen-bond acceptors (Lipinski definition) is 2. The van der Waals surface area contributed by atoms with Gasteiger partial charge in [0.05, 0.1) is 17.6 Å². The van der Waals surface area contributed by atoms with Crippen molar-refractivity contribution in [1.29, 1.82) is 5.26 Å². The Morgan fingerprint density at radius 2 is 2.00 bits per heavy atom. The molecule has 0 bridgehead atoms. The number of nitriles is 1. The molecule has 0 amide bonds. The molecule has 1 rings (SSSR count). The molecule has 0 saturated heterocycles. The predicted octanol–water partition coefficient (Wildman–Crippen LogP) is 2.89. The lowest BCUT2D eigenvalue weighted by Crippen LogP contribution is -2.15. The fourth-order valence-corrected chi connectivity index (χ4v) is 1.59. The van der Waals surface area contributed by atoms with Crippen molar-refractivity contribution >= 4 is 0 Å². The Hall–Kier alpha value is -0.550. The second-order valence-electron chi connectivity index (χ2n) is 4.52. The first kappa shape index (κ1) is 10.5. The maximum Gasteiger partial charge on any atom is 0.0684 e. The van der Waals surface area contributed by atoms with E-state index in [1.807, 2.05) is 13.8 Å². The van der Waals surface area contributed by atoms with Gasteiger partial charge in [-0.15, -0.1) is 0 Å².